The van der Waals surface area contributed by atoms with Crippen molar-refractivity contribution in [1.29, 1.82) is 0 Å². The van der Waals surface area contributed by atoms with Crippen molar-refractivity contribution < 1.29 is 0 Å². The smallest absolute Gasteiger partial charge is 0.0931 e. The molecule has 2 rings (SSSR count). The van der Waals surface area contributed by atoms with Gasteiger partial charge in [-0.15, -0.1) is 11.3 Å². The predicted molar refractivity (Wildman–Crippen MR) is 85.8 cm³/mol. The molecule has 0 bridgehead atoms. The molecule has 19 heavy (non-hydrogen) atoms. The van der Waals surface area contributed by atoms with Gasteiger partial charge < -0.3 is 5.32 Å². The summed E-state index contributed by atoms with van der Waals surface area (Å²) in [7, 11) is 0. The zero-order valence-electron chi connectivity index (χ0n) is 10.6. The van der Waals surface area contributed by atoms with Crippen LogP contribution in [-0.4, -0.2) is 0 Å². The summed E-state index contributed by atoms with van der Waals surface area (Å²) in [6, 6.07) is 8.11. The topological polar surface area (TPSA) is 12.0 Å². The minimum atomic E-state index is 0.184. The van der Waals surface area contributed by atoms with Gasteiger partial charge in [0, 0.05) is 12.1 Å². The van der Waals surface area contributed by atoms with E-state index in [1.54, 1.807) is 11.3 Å². The van der Waals surface area contributed by atoms with Crippen molar-refractivity contribution in [2.24, 2.45) is 0 Å². The lowest BCUT2D eigenvalue weighted by molar-refractivity contribution is 0.495. The van der Waals surface area contributed by atoms with E-state index in [9.17, 15) is 0 Å². The molecule has 2 aromatic rings. The third-order valence-electron chi connectivity index (χ3n) is 3.03. The minimum absolute atomic E-state index is 0.184. The van der Waals surface area contributed by atoms with E-state index in [1.165, 1.54) is 5.56 Å². The summed E-state index contributed by atoms with van der Waals surface area (Å²) in [4.78, 5) is 0. The zero-order chi connectivity index (χ0) is 14.0. The van der Waals surface area contributed by atoms with Gasteiger partial charge in [0.15, 0.2) is 0 Å². The van der Waals surface area contributed by atoms with E-state index >= 15 is 0 Å². The van der Waals surface area contributed by atoms with Crippen LogP contribution >= 0.6 is 46.1 Å². The molecule has 1 heterocycles. The van der Waals surface area contributed by atoms with Crippen molar-refractivity contribution in [1.82, 2.24) is 5.32 Å². The van der Waals surface area contributed by atoms with Gasteiger partial charge in [-0.2, -0.15) is 0 Å². The van der Waals surface area contributed by atoms with Crippen LogP contribution in [0.1, 0.15) is 37.1 Å². The van der Waals surface area contributed by atoms with E-state index in [1.807, 2.05) is 24.3 Å². The van der Waals surface area contributed by atoms with Gasteiger partial charge in [-0.05, 0) is 48.6 Å². The highest BCUT2D eigenvalue weighted by atomic mass is 35.5. The molecule has 1 aromatic heterocycles. The number of hydrogen-bond acceptors (Lipinski definition) is 2. The van der Waals surface area contributed by atoms with Crippen molar-refractivity contribution in [3.8, 4) is 0 Å². The fourth-order valence-electron chi connectivity index (χ4n) is 1.90. The average Bonchev–Trinajstić information content (AvgIpc) is 2.79. The lowest BCUT2D eigenvalue weighted by atomic mass is 10.1. The first-order valence-corrected chi connectivity index (χ1v) is 7.93. The van der Waals surface area contributed by atoms with Gasteiger partial charge in [-0.3, -0.25) is 0 Å². The number of hydrogen-bond donors (Lipinski definition) is 1. The summed E-state index contributed by atoms with van der Waals surface area (Å²) in [6.07, 6.45) is 0. The van der Waals surface area contributed by atoms with Gasteiger partial charge in [0.05, 0.1) is 14.4 Å². The third kappa shape index (κ3) is 3.87. The minimum Gasteiger partial charge on any atom is -0.304 e. The first-order chi connectivity index (χ1) is 8.97. The van der Waals surface area contributed by atoms with Crippen LogP contribution in [0.4, 0.5) is 0 Å². The van der Waals surface area contributed by atoms with E-state index < -0.39 is 0 Å². The molecule has 0 aliphatic heterocycles. The molecule has 1 N–H and O–H groups in total. The fourth-order valence-corrected chi connectivity index (χ4v) is 3.19. The van der Waals surface area contributed by atoms with Crippen LogP contribution in [0, 0.1) is 0 Å². The first-order valence-electron chi connectivity index (χ1n) is 5.92. The van der Waals surface area contributed by atoms with Crippen LogP contribution in [-0.2, 0) is 0 Å². The predicted octanol–water partition coefficient (Wildman–Crippen LogP) is 6.12. The Balaban J connectivity index is 2.07. The van der Waals surface area contributed by atoms with E-state index in [0.29, 0.717) is 10.0 Å². The van der Waals surface area contributed by atoms with Gasteiger partial charge in [0.1, 0.15) is 0 Å². The maximum atomic E-state index is 6.04. The van der Waals surface area contributed by atoms with E-state index in [2.05, 4.69) is 24.5 Å². The number of thiophene rings is 1. The highest BCUT2D eigenvalue weighted by molar-refractivity contribution is 7.14. The Bertz CT molecular complexity index is 568. The highest BCUT2D eigenvalue weighted by Gasteiger charge is 2.13. The third-order valence-corrected chi connectivity index (χ3v) is 4.88. The number of benzene rings is 1. The number of rotatable bonds is 4. The molecule has 0 amide bonds. The number of nitrogens with one attached hydrogen (secondary N) is 1. The van der Waals surface area contributed by atoms with Gasteiger partial charge >= 0.3 is 0 Å². The summed E-state index contributed by atoms with van der Waals surface area (Å²) in [6.45, 7) is 4.22. The SMILES string of the molecule is CC(NC(C)c1ccc(Cl)c(Cl)c1)c1csc(Cl)c1. The lowest BCUT2D eigenvalue weighted by Gasteiger charge is -2.20. The average molecular weight is 335 g/mol. The lowest BCUT2D eigenvalue weighted by Crippen LogP contribution is -2.22. The van der Waals surface area contributed by atoms with Gasteiger partial charge in [-0.25, -0.2) is 0 Å². The summed E-state index contributed by atoms with van der Waals surface area (Å²) >= 11 is 19.5. The van der Waals surface area contributed by atoms with Gasteiger partial charge in [0.2, 0.25) is 0 Å². The molecule has 0 saturated heterocycles. The Labute approximate surface area is 132 Å². The monoisotopic (exact) mass is 333 g/mol. The van der Waals surface area contributed by atoms with Crippen molar-refractivity contribution in [2.75, 3.05) is 0 Å². The molecule has 2 atom stereocenters. The van der Waals surface area contributed by atoms with Crippen LogP contribution in [0.15, 0.2) is 29.6 Å². The molecule has 1 nitrogen and oxygen atoms in total. The molecule has 102 valence electrons. The number of halogens is 3. The maximum Gasteiger partial charge on any atom is 0.0931 e. The normalized spacial score (nSPS) is 14.4. The molecule has 2 unspecified atom stereocenters. The summed E-state index contributed by atoms with van der Waals surface area (Å²) in [5.74, 6) is 0. The van der Waals surface area contributed by atoms with Crippen LogP contribution in [0.5, 0.6) is 0 Å². The fraction of sp³-hybridized carbons (Fsp3) is 0.286. The van der Waals surface area contributed by atoms with Crippen molar-refractivity contribution in [2.45, 2.75) is 25.9 Å². The molecular weight excluding hydrogens is 321 g/mol. The van der Waals surface area contributed by atoms with Crippen molar-refractivity contribution in [3.05, 3.63) is 55.2 Å². The maximum absolute atomic E-state index is 6.04. The van der Waals surface area contributed by atoms with E-state index in [0.717, 1.165) is 9.90 Å². The molecular formula is C14H14Cl3NS. The molecule has 0 spiro atoms. The quantitative estimate of drug-likeness (QED) is 0.710. The molecule has 0 aliphatic carbocycles. The van der Waals surface area contributed by atoms with Gasteiger partial charge in [0.25, 0.3) is 0 Å². The largest absolute Gasteiger partial charge is 0.304 e. The Morgan fingerprint density at radius 2 is 1.63 bits per heavy atom. The van der Waals surface area contributed by atoms with Crippen molar-refractivity contribution in [3.63, 3.8) is 0 Å². The van der Waals surface area contributed by atoms with Crippen LogP contribution in [0.3, 0.4) is 0 Å². The molecule has 0 radical (unpaired) electrons. The van der Waals surface area contributed by atoms with Crippen LogP contribution in [0.25, 0.3) is 0 Å². The second-order valence-electron chi connectivity index (χ2n) is 4.47. The zero-order valence-corrected chi connectivity index (χ0v) is 13.7. The van der Waals surface area contributed by atoms with Crippen molar-refractivity contribution >= 4 is 46.1 Å². The molecule has 5 heteroatoms. The Morgan fingerprint density at radius 1 is 0.947 bits per heavy atom. The molecule has 0 aliphatic rings. The summed E-state index contributed by atoms with van der Waals surface area (Å²) in [5.41, 5.74) is 2.31. The summed E-state index contributed by atoms with van der Waals surface area (Å²) in [5, 5.41) is 6.75. The van der Waals surface area contributed by atoms with E-state index in [-0.39, 0.29) is 12.1 Å². The van der Waals surface area contributed by atoms with Gasteiger partial charge in [-0.1, -0.05) is 40.9 Å². The first kappa shape index (κ1) is 15.1. The second kappa shape index (κ2) is 6.47. The second-order valence-corrected chi connectivity index (χ2v) is 6.82. The molecule has 0 fully saturated rings. The van der Waals surface area contributed by atoms with Crippen LogP contribution in [0.2, 0.25) is 14.4 Å². The Hall–Kier alpha value is -0.250. The summed E-state index contributed by atoms with van der Waals surface area (Å²) < 4.78 is 0.811. The standard InChI is InChI=1S/C14H14Cl3NS/c1-8(10-3-4-12(15)13(16)5-10)18-9(2)11-6-14(17)19-7-11/h3-9,18H,1-2H3. The molecule has 1 aromatic carbocycles. The molecule has 0 saturated carbocycles. The van der Waals surface area contributed by atoms with Crippen LogP contribution < -0.4 is 5.32 Å². The van der Waals surface area contributed by atoms with E-state index in [4.69, 9.17) is 34.8 Å². The highest BCUT2D eigenvalue weighted by Crippen LogP contribution is 2.29. The Kier molecular flexibility index (Phi) is 5.15. The Morgan fingerprint density at radius 3 is 2.21 bits per heavy atom.